The molecule has 1 aromatic carbocycles. The van der Waals surface area contributed by atoms with E-state index in [0.29, 0.717) is 29.9 Å². The number of aromatic nitrogens is 2. The van der Waals surface area contributed by atoms with Crippen LogP contribution < -0.4 is 10.1 Å². The molecule has 0 bridgehead atoms. The van der Waals surface area contributed by atoms with E-state index >= 15 is 0 Å². The van der Waals surface area contributed by atoms with Gasteiger partial charge in [-0.25, -0.2) is 9.97 Å². The maximum Gasteiger partial charge on any atom is 0.321 e. The summed E-state index contributed by atoms with van der Waals surface area (Å²) in [5, 5.41) is 3.91. The molecule has 2 aromatic rings. The molecule has 0 aliphatic heterocycles. The van der Waals surface area contributed by atoms with E-state index in [0.717, 1.165) is 17.7 Å². The van der Waals surface area contributed by atoms with Crippen LogP contribution in [-0.2, 0) is 11.3 Å². The molecule has 6 heteroatoms. The molecular formula is C15H18ClN3O2. The Labute approximate surface area is 129 Å². The Morgan fingerprint density at radius 2 is 2.00 bits per heavy atom. The number of nitrogens with zero attached hydrogens (tertiary/aromatic N) is 2. The second-order valence-electron chi connectivity index (χ2n) is 4.56. The van der Waals surface area contributed by atoms with Gasteiger partial charge in [-0.1, -0.05) is 11.6 Å². The van der Waals surface area contributed by atoms with Gasteiger partial charge in [0.05, 0.1) is 6.61 Å². The summed E-state index contributed by atoms with van der Waals surface area (Å²) in [7, 11) is 1.68. The smallest absolute Gasteiger partial charge is 0.321 e. The average Bonchev–Trinajstić information content (AvgIpc) is 2.48. The Morgan fingerprint density at radius 3 is 2.67 bits per heavy atom. The van der Waals surface area contributed by atoms with Gasteiger partial charge in [0, 0.05) is 43.2 Å². The number of rotatable bonds is 7. The standard InChI is InChI=1S/C15H18ClN3O2/c1-11-7-13(16)3-4-14(11)21-15-18-9-12(10-19-15)8-17-5-6-20-2/h3-4,7,9-10,17H,5-6,8H2,1-2H3. The number of ether oxygens (including phenoxy) is 2. The predicted molar refractivity (Wildman–Crippen MR) is 81.9 cm³/mol. The summed E-state index contributed by atoms with van der Waals surface area (Å²) in [6, 6.07) is 5.74. The van der Waals surface area contributed by atoms with Crippen molar-refractivity contribution in [2.24, 2.45) is 0 Å². The van der Waals surface area contributed by atoms with E-state index in [1.807, 2.05) is 13.0 Å². The summed E-state index contributed by atoms with van der Waals surface area (Å²) in [4.78, 5) is 8.40. The van der Waals surface area contributed by atoms with E-state index in [-0.39, 0.29) is 0 Å². The van der Waals surface area contributed by atoms with Gasteiger partial charge in [-0.3, -0.25) is 0 Å². The lowest BCUT2D eigenvalue weighted by Crippen LogP contribution is -2.18. The first-order valence-corrected chi connectivity index (χ1v) is 7.01. The molecule has 0 amide bonds. The minimum atomic E-state index is 0.320. The third-order valence-electron chi connectivity index (χ3n) is 2.83. The molecule has 1 heterocycles. The Morgan fingerprint density at radius 1 is 1.24 bits per heavy atom. The van der Waals surface area contributed by atoms with E-state index in [9.17, 15) is 0 Å². The lowest BCUT2D eigenvalue weighted by molar-refractivity contribution is 0.199. The molecule has 5 nitrogen and oxygen atoms in total. The van der Waals surface area contributed by atoms with Crippen LogP contribution in [0.4, 0.5) is 0 Å². The average molecular weight is 308 g/mol. The molecule has 1 aromatic heterocycles. The number of methoxy groups -OCH3 is 1. The van der Waals surface area contributed by atoms with Gasteiger partial charge in [0.2, 0.25) is 0 Å². The van der Waals surface area contributed by atoms with Crippen molar-refractivity contribution in [1.82, 2.24) is 15.3 Å². The predicted octanol–water partition coefficient (Wildman–Crippen LogP) is 2.97. The summed E-state index contributed by atoms with van der Waals surface area (Å²) in [5.74, 6) is 0.699. The largest absolute Gasteiger partial charge is 0.424 e. The molecule has 0 atom stereocenters. The fraction of sp³-hybridized carbons (Fsp3) is 0.333. The first-order chi connectivity index (χ1) is 10.2. The molecule has 2 rings (SSSR count). The first kappa shape index (κ1) is 15.7. The van der Waals surface area contributed by atoms with Gasteiger partial charge in [0.1, 0.15) is 5.75 Å². The zero-order chi connectivity index (χ0) is 15.1. The summed E-state index contributed by atoms with van der Waals surface area (Å²) in [5.41, 5.74) is 1.93. The normalized spacial score (nSPS) is 10.6. The van der Waals surface area contributed by atoms with Crippen molar-refractivity contribution in [3.05, 3.63) is 46.7 Å². The Bertz CT molecular complexity index is 576. The highest BCUT2D eigenvalue weighted by atomic mass is 35.5. The molecule has 0 saturated carbocycles. The number of aryl methyl sites for hydroxylation is 1. The van der Waals surface area contributed by atoms with E-state index < -0.39 is 0 Å². The van der Waals surface area contributed by atoms with Crippen molar-refractivity contribution in [3.8, 4) is 11.8 Å². The Kier molecular flexibility index (Phi) is 5.92. The SMILES string of the molecule is COCCNCc1cnc(Oc2ccc(Cl)cc2C)nc1. The van der Waals surface area contributed by atoms with Gasteiger partial charge in [0.25, 0.3) is 0 Å². The fourth-order valence-corrected chi connectivity index (χ4v) is 1.95. The second kappa shape index (κ2) is 7.93. The van der Waals surface area contributed by atoms with Gasteiger partial charge >= 0.3 is 6.01 Å². The lowest BCUT2D eigenvalue weighted by Gasteiger charge is -2.08. The zero-order valence-corrected chi connectivity index (χ0v) is 12.9. The minimum absolute atomic E-state index is 0.320. The van der Waals surface area contributed by atoms with Crippen LogP contribution >= 0.6 is 11.6 Å². The van der Waals surface area contributed by atoms with Crippen LogP contribution in [0.2, 0.25) is 5.02 Å². The van der Waals surface area contributed by atoms with Crippen molar-refractivity contribution in [3.63, 3.8) is 0 Å². The van der Waals surface area contributed by atoms with E-state index in [4.69, 9.17) is 21.1 Å². The highest BCUT2D eigenvalue weighted by molar-refractivity contribution is 6.30. The molecule has 0 radical (unpaired) electrons. The summed E-state index contributed by atoms with van der Waals surface area (Å²) < 4.78 is 10.6. The highest BCUT2D eigenvalue weighted by Gasteiger charge is 2.04. The van der Waals surface area contributed by atoms with Gasteiger partial charge in [-0.05, 0) is 30.7 Å². The van der Waals surface area contributed by atoms with Crippen LogP contribution in [0.15, 0.2) is 30.6 Å². The zero-order valence-electron chi connectivity index (χ0n) is 12.1. The molecule has 112 valence electrons. The number of hydrogen-bond acceptors (Lipinski definition) is 5. The van der Waals surface area contributed by atoms with Crippen LogP contribution in [0.5, 0.6) is 11.8 Å². The van der Waals surface area contributed by atoms with Gasteiger partial charge in [-0.2, -0.15) is 0 Å². The first-order valence-electron chi connectivity index (χ1n) is 6.63. The second-order valence-corrected chi connectivity index (χ2v) is 4.99. The van der Waals surface area contributed by atoms with Crippen molar-refractivity contribution in [2.45, 2.75) is 13.5 Å². The van der Waals surface area contributed by atoms with Crippen molar-refractivity contribution in [2.75, 3.05) is 20.3 Å². The van der Waals surface area contributed by atoms with E-state index in [2.05, 4.69) is 15.3 Å². The van der Waals surface area contributed by atoms with E-state index in [1.54, 1.807) is 31.6 Å². The molecule has 21 heavy (non-hydrogen) atoms. The Hall–Kier alpha value is -1.69. The fourth-order valence-electron chi connectivity index (χ4n) is 1.72. The van der Waals surface area contributed by atoms with Gasteiger partial charge in [0.15, 0.2) is 0 Å². The van der Waals surface area contributed by atoms with Gasteiger partial charge in [-0.15, -0.1) is 0 Å². The molecule has 0 unspecified atom stereocenters. The Balaban J connectivity index is 1.92. The summed E-state index contributed by atoms with van der Waals surface area (Å²) in [6.45, 7) is 4.09. The topological polar surface area (TPSA) is 56.3 Å². The monoisotopic (exact) mass is 307 g/mol. The third kappa shape index (κ3) is 4.97. The number of benzene rings is 1. The van der Waals surface area contributed by atoms with Crippen LogP contribution in [0, 0.1) is 6.92 Å². The molecule has 0 saturated heterocycles. The van der Waals surface area contributed by atoms with E-state index in [1.165, 1.54) is 0 Å². The minimum Gasteiger partial charge on any atom is -0.424 e. The van der Waals surface area contributed by atoms with Crippen molar-refractivity contribution >= 4 is 11.6 Å². The van der Waals surface area contributed by atoms with Crippen LogP contribution in [0.1, 0.15) is 11.1 Å². The molecule has 0 aliphatic carbocycles. The maximum absolute atomic E-state index is 5.91. The van der Waals surface area contributed by atoms with Crippen LogP contribution in [0.3, 0.4) is 0 Å². The number of halogens is 1. The number of hydrogen-bond donors (Lipinski definition) is 1. The highest BCUT2D eigenvalue weighted by Crippen LogP contribution is 2.25. The maximum atomic E-state index is 5.91. The van der Waals surface area contributed by atoms with Crippen molar-refractivity contribution in [1.29, 1.82) is 0 Å². The van der Waals surface area contributed by atoms with Gasteiger partial charge < -0.3 is 14.8 Å². The molecular weight excluding hydrogens is 290 g/mol. The summed E-state index contributed by atoms with van der Waals surface area (Å²) in [6.07, 6.45) is 3.49. The molecule has 0 fully saturated rings. The third-order valence-corrected chi connectivity index (χ3v) is 3.07. The van der Waals surface area contributed by atoms with Crippen molar-refractivity contribution < 1.29 is 9.47 Å². The summed E-state index contributed by atoms with van der Waals surface area (Å²) >= 11 is 5.91. The number of nitrogens with one attached hydrogen (secondary N) is 1. The lowest BCUT2D eigenvalue weighted by atomic mass is 10.2. The molecule has 0 spiro atoms. The van der Waals surface area contributed by atoms with Crippen LogP contribution in [-0.4, -0.2) is 30.2 Å². The van der Waals surface area contributed by atoms with Crippen LogP contribution in [0.25, 0.3) is 0 Å². The molecule has 0 aliphatic rings. The quantitative estimate of drug-likeness (QED) is 0.797. The molecule has 1 N–H and O–H groups in total.